The first-order valence-corrected chi connectivity index (χ1v) is 10.0. The van der Waals surface area contributed by atoms with Crippen molar-refractivity contribution >= 4 is 26.8 Å². The fraction of sp³-hybridized carbons (Fsp3) is 0.250. The van der Waals surface area contributed by atoms with Crippen molar-refractivity contribution in [1.29, 1.82) is 0 Å². The lowest BCUT2D eigenvalue weighted by atomic mass is 9.87. The van der Waals surface area contributed by atoms with Gasteiger partial charge in [0.25, 0.3) is 15.9 Å². The molecule has 27 heavy (non-hydrogen) atoms. The number of carbonyl (C=O) groups is 1. The monoisotopic (exact) mass is 385 g/mol. The van der Waals surface area contributed by atoms with E-state index in [9.17, 15) is 13.2 Å². The zero-order valence-electron chi connectivity index (χ0n) is 15.8. The Morgan fingerprint density at radius 1 is 1.00 bits per heavy atom. The second kappa shape index (κ2) is 6.83. The number of benzene rings is 2. The molecule has 0 radical (unpaired) electrons. The average molecular weight is 385 g/mol. The lowest BCUT2D eigenvalue weighted by molar-refractivity contribution is 0.0946. The van der Waals surface area contributed by atoms with Gasteiger partial charge in [-0.05, 0) is 29.2 Å². The van der Waals surface area contributed by atoms with E-state index in [2.05, 4.69) is 31.0 Å². The van der Waals surface area contributed by atoms with Gasteiger partial charge in [0.05, 0.1) is 10.5 Å². The minimum absolute atomic E-state index is 0.0711. The number of sulfonamides is 1. The SMILES string of the molecule is Cn1cc(C(=O)NNS(=O)(=O)c2ccc(C(C)(C)C)cc2)c2ccccc21. The quantitative estimate of drug-likeness (QED) is 0.677. The summed E-state index contributed by atoms with van der Waals surface area (Å²) in [6, 6.07) is 14.1. The van der Waals surface area contributed by atoms with Crippen LogP contribution < -0.4 is 10.3 Å². The fourth-order valence-electron chi connectivity index (χ4n) is 2.90. The Bertz CT molecular complexity index is 1090. The third-order valence-corrected chi connectivity index (χ3v) is 5.73. The number of nitrogens with one attached hydrogen (secondary N) is 2. The molecule has 0 aliphatic heterocycles. The first-order chi connectivity index (χ1) is 12.6. The summed E-state index contributed by atoms with van der Waals surface area (Å²) in [5, 5.41) is 0.756. The zero-order valence-corrected chi connectivity index (χ0v) is 16.6. The summed E-state index contributed by atoms with van der Waals surface area (Å²) in [5.41, 5.74) is 4.55. The van der Waals surface area contributed by atoms with Crippen molar-refractivity contribution in [3.63, 3.8) is 0 Å². The van der Waals surface area contributed by atoms with Crippen LogP contribution in [0.1, 0.15) is 36.7 Å². The molecule has 7 heteroatoms. The van der Waals surface area contributed by atoms with Crippen LogP contribution in [0.4, 0.5) is 0 Å². The van der Waals surface area contributed by atoms with Gasteiger partial charge >= 0.3 is 0 Å². The maximum atomic E-state index is 12.5. The van der Waals surface area contributed by atoms with Crippen LogP contribution in [-0.4, -0.2) is 18.9 Å². The number of hydrogen-bond acceptors (Lipinski definition) is 3. The summed E-state index contributed by atoms with van der Waals surface area (Å²) < 4.78 is 26.8. The van der Waals surface area contributed by atoms with Crippen LogP contribution in [0.15, 0.2) is 59.6 Å². The molecule has 1 heterocycles. The fourth-order valence-corrected chi connectivity index (χ4v) is 3.74. The van der Waals surface area contributed by atoms with E-state index < -0.39 is 15.9 Å². The first-order valence-electron chi connectivity index (χ1n) is 8.56. The number of fused-ring (bicyclic) bond motifs is 1. The van der Waals surface area contributed by atoms with E-state index in [1.54, 1.807) is 18.3 Å². The summed E-state index contributed by atoms with van der Waals surface area (Å²) in [6.45, 7) is 6.16. The highest BCUT2D eigenvalue weighted by molar-refractivity contribution is 7.89. The highest BCUT2D eigenvalue weighted by Crippen LogP contribution is 2.23. The molecule has 2 aromatic carbocycles. The molecule has 2 N–H and O–H groups in total. The lowest BCUT2D eigenvalue weighted by Crippen LogP contribution is -2.41. The summed E-state index contributed by atoms with van der Waals surface area (Å²) >= 11 is 0. The molecule has 3 aromatic rings. The van der Waals surface area contributed by atoms with Crippen molar-refractivity contribution in [1.82, 2.24) is 14.8 Å². The van der Waals surface area contributed by atoms with E-state index in [1.807, 2.05) is 35.9 Å². The standard InChI is InChI=1S/C20H23N3O3S/c1-20(2,3)14-9-11-15(12-10-14)27(25,26)22-21-19(24)17-13-23(4)18-8-6-5-7-16(17)18/h5-13,22H,1-4H3,(H,21,24). The highest BCUT2D eigenvalue weighted by Gasteiger charge is 2.20. The molecule has 0 aliphatic rings. The average Bonchev–Trinajstić information content (AvgIpc) is 2.96. The molecule has 142 valence electrons. The van der Waals surface area contributed by atoms with Gasteiger partial charge in [0, 0.05) is 24.1 Å². The Morgan fingerprint density at radius 2 is 1.63 bits per heavy atom. The van der Waals surface area contributed by atoms with Crippen molar-refractivity contribution in [3.8, 4) is 0 Å². The van der Waals surface area contributed by atoms with Gasteiger partial charge in [-0.2, -0.15) is 0 Å². The first kappa shape index (κ1) is 19.1. The van der Waals surface area contributed by atoms with Gasteiger partial charge in [0.15, 0.2) is 0 Å². The van der Waals surface area contributed by atoms with Crippen LogP contribution >= 0.6 is 0 Å². The van der Waals surface area contributed by atoms with Crippen LogP contribution in [0.25, 0.3) is 10.9 Å². The van der Waals surface area contributed by atoms with Gasteiger partial charge < -0.3 is 4.57 Å². The summed E-state index contributed by atoms with van der Waals surface area (Å²) in [5.74, 6) is -0.512. The Labute approximate surface area is 159 Å². The number of carbonyl (C=O) groups excluding carboxylic acids is 1. The second-order valence-electron chi connectivity index (χ2n) is 7.50. The molecular formula is C20H23N3O3S. The molecule has 3 rings (SSSR count). The number of aromatic nitrogens is 1. The third-order valence-electron chi connectivity index (χ3n) is 4.47. The van der Waals surface area contributed by atoms with Crippen LogP contribution in [0.3, 0.4) is 0 Å². The van der Waals surface area contributed by atoms with E-state index in [1.165, 1.54) is 12.1 Å². The summed E-state index contributed by atoms with van der Waals surface area (Å²) in [6.07, 6.45) is 1.67. The molecule has 0 atom stereocenters. The maximum absolute atomic E-state index is 12.5. The second-order valence-corrected chi connectivity index (χ2v) is 9.19. The molecule has 1 aromatic heterocycles. The van der Waals surface area contributed by atoms with E-state index >= 15 is 0 Å². The Morgan fingerprint density at radius 3 is 2.26 bits per heavy atom. The number of para-hydroxylation sites is 1. The number of hydrazine groups is 1. The van der Waals surface area contributed by atoms with E-state index in [4.69, 9.17) is 0 Å². The van der Waals surface area contributed by atoms with Crippen LogP contribution in [-0.2, 0) is 22.5 Å². The molecule has 6 nitrogen and oxygen atoms in total. The summed E-state index contributed by atoms with van der Waals surface area (Å²) in [7, 11) is -2.03. The van der Waals surface area contributed by atoms with Crippen molar-refractivity contribution in [2.45, 2.75) is 31.1 Å². The third kappa shape index (κ3) is 3.89. The van der Waals surface area contributed by atoms with Crippen molar-refractivity contribution in [2.75, 3.05) is 0 Å². The highest BCUT2D eigenvalue weighted by atomic mass is 32.2. The molecule has 0 fully saturated rings. The number of nitrogens with zero attached hydrogens (tertiary/aromatic N) is 1. The molecule has 0 saturated carbocycles. The molecule has 0 unspecified atom stereocenters. The van der Waals surface area contributed by atoms with Crippen molar-refractivity contribution in [2.24, 2.45) is 7.05 Å². The van der Waals surface area contributed by atoms with E-state index in [0.717, 1.165) is 16.5 Å². The predicted octanol–water partition coefficient (Wildman–Crippen LogP) is 3.10. The van der Waals surface area contributed by atoms with Crippen LogP contribution in [0.2, 0.25) is 0 Å². The van der Waals surface area contributed by atoms with Gasteiger partial charge in [-0.25, -0.2) is 8.42 Å². The molecule has 0 aliphatic carbocycles. The normalized spacial score (nSPS) is 12.3. The zero-order chi connectivity index (χ0) is 19.8. The van der Waals surface area contributed by atoms with Gasteiger partial charge in [-0.15, -0.1) is 4.83 Å². The Hall–Kier alpha value is -2.64. The van der Waals surface area contributed by atoms with Crippen molar-refractivity contribution < 1.29 is 13.2 Å². The van der Waals surface area contributed by atoms with Gasteiger partial charge in [-0.1, -0.05) is 51.1 Å². The molecule has 1 amide bonds. The van der Waals surface area contributed by atoms with Gasteiger partial charge in [-0.3, -0.25) is 10.2 Å². The predicted molar refractivity (Wildman–Crippen MR) is 106 cm³/mol. The number of hydrogen-bond donors (Lipinski definition) is 2. The van der Waals surface area contributed by atoms with Crippen LogP contribution in [0, 0.1) is 0 Å². The number of amides is 1. The number of rotatable bonds is 4. The van der Waals surface area contributed by atoms with Crippen LogP contribution in [0.5, 0.6) is 0 Å². The molecule has 0 bridgehead atoms. The number of aryl methyl sites for hydroxylation is 1. The van der Waals surface area contributed by atoms with E-state index in [0.29, 0.717) is 5.56 Å². The minimum atomic E-state index is -3.86. The molecule has 0 saturated heterocycles. The Balaban J connectivity index is 1.77. The molecule has 0 spiro atoms. The largest absolute Gasteiger partial charge is 0.350 e. The van der Waals surface area contributed by atoms with Crippen molar-refractivity contribution in [3.05, 3.63) is 65.9 Å². The lowest BCUT2D eigenvalue weighted by Gasteiger charge is -2.19. The summed E-state index contributed by atoms with van der Waals surface area (Å²) in [4.78, 5) is 14.7. The smallest absolute Gasteiger partial charge is 0.268 e. The van der Waals surface area contributed by atoms with Gasteiger partial charge in [0.2, 0.25) is 0 Å². The maximum Gasteiger partial charge on any atom is 0.268 e. The minimum Gasteiger partial charge on any atom is -0.350 e. The molecular weight excluding hydrogens is 362 g/mol. The topological polar surface area (TPSA) is 80.2 Å². The van der Waals surface area contributed by atoms with Gasteiger partial charge in [0.1, 0.15) is 0 Å². The van der Waals surface area contributed by atoms with E-state index in [-0.39, 0.29) is 10.3 Å². The Kier molecular flexibility index (Phi) is 4.84.